The van der Waals surface area contributed by atoms with E-state index in [0.717, 1.165) is 16.5 Å². The van der Waals surface area contributed by atoms with Crippen molar-refractivity contribution in [2.75, 3.05) is 13.1 Å². The third-order valence-corrected chi connectivity index (χ3v) is 5.17. The zero-order valence-electron chi connectivity index (χ0n) is 14.0. The molecule has 1 fully saturated rings. The average molecular weight is 346 g/mol. The van der Waals surface area contributed by atoms with Gasteiger partial charge in [0.05, 0.1) is 30.8 Å². The number of hydrogen-bond donors (Lipinski definition) is 1. The van der Waals surface area contributed by atoms with Crippen molar-refractivity contribution < 1.29 is 14.6 Å². The van der Waals surface area contributed by atoms with Gasteiger partial charge in [-0.1, -0.05) is 24.6 Å². The van der Waals surface area contributed by atoms with E-state index in [0.29, 0.717) is 26.1 Å². The van der Waals surface area contributed by atoms with E-state index in [1.807, 2.05) is 43.5 Å². The molecule has 2 aromatic rings. The molecule has 2 heterocycles. The first-order chi connectivity index (χ1) is 11.5. The van der Waals surface area contributed by atoms with Gasteiger partial charge in [-0.2, -0.15) is 0 Å². The molecule has 1 amide bonds. The summed E-state index contributed by atoms with van der Waals surface area (Å²) in [4.78, 5) is 18.3. The second-order valence-corrected chi connectivity index (χ2v) is 7.28. The SMILES string of the molecule is CCC1(O)CN(C(=O)Cc2csc(COc3ccc(C)cc3)n2)C1. The van der Waals surface area contributed by atoms with Gasteiger partial charge in [0.1, 0.15) is 17.4 Å². The van der Waals surface area contributed by atoms with Gasteiger partial charge >= 0.3 is 0 Å². The van der Waals surface area contributed by atoms with Crippen LogP contribution in [0.5, 0.6) is 5.75 Å². The minimum Gasteiger partial charge on any atom is -0.486 e. The number of thiazole rings is 1. The van der Waals surface area contributed by atoms with Crippen molar-refractivity contribution in [2.24, 2.45) is 0 Å². The summed E-state index contributed by atoms with van der Waals surface area (Å²) in [6, 6.07) is 7.88. The second-order valence-electron chi connectivity index (χ2n) is 6.34. The van der Waals surface area contributed by atoms with Gasteiger partial charge in [-0.15, -0.1) is 11.3 Å². The summed E-state index contributed by atoms with van der Waals surface area (Å²) >= 11 is 1.50. The van der Waals surface area contributed by atoms with E-state index in [2.05, 4.69) is 4.98 Å². The summed E-state index contributed by atoms with van der Waals surface area (Å²) in [5, 5.41) is 12.7. The number of rotatable bonds is 6. The fourth-order valence-electron chi connectivity index (χ4n) is 2.61. The maximum Gasteiger partial charge on any atom is 0.228 e. The number of ether oxygens (including phenoxy) is 1. The smallest absolute Gasteiger partial charge is 0.228 e. The molecule has 0 unspecified atom stereocenters. The van der Waals surface area contributed by atoms with Crippen LogP contribution in [0.1, 0.15) is 29.6 Å². The number of aryl methyl sites for hydroxylation is 1. The molecule has 1 aliphatic rings. The summed E-state index contributed by atoms with van der Waals surface area (Å²) in [5.41, 5.74) is 1.27. The molecular weight excluding hydrogens is 324 g/mol. The molecule has 1 N–H and O–H groups in total. The lowest BCUT2D eigenvalue weighted by molar-refractivity contribution is -0.155. The third-order valence-electron chi connectivity index (χ3n) is 4.30. The monoisotopic (exact) mass is 346 g/mol. The summed E-state index contributed by atoms with van der Waals surface area (Å²) in [5.74, 6) is 0.831. The Morgan fingerprint density at radius 1 is 1.38 bits per heavy atom. The first-order valence-electron chi connectivity index (χ1n) is 8.10. The third kappa shape index (κ3) is 3.94. The van der Waals surface area contributed by atoms with E-state index in [1.54, 1.807) is 4.90 Å². The summed E-state index contributed by atoms with van der Waals surface area (Å²) < 4.78 is 5.71. The van der Waals surface area contributed by atoms with Crippen molar-refractivity contribution in [1.29, 1.82) is 0 Å². The van der Waals surface area contributed by atoms with Crippen molar-refractivity contribution in [3.05, 3.63) is 45.9 Å². The van der Waals surface area contributed by atoms with Crippen LogP contribution in [0.4, 0.5) is 0 Å². The Morgan fingerprint density at radius 3 is 2.75 bits per heavy atom. The van der Waals surface area contributed by atoms with Crippen molar-refractivity contribution >= 4 is 17.2 Å². The molecule has 0 atom stereocenters. The minimum absolute atomic E-state index is 0.0180. The number of carbonyl (C=O) groups excluding carboxylic acids is 1. The molecule has 24 heavy (non-hydrogen) atoms. The largest absolute Gasteiger partial charge is 0.486 e. The van der Waals surface area contributed by atoms with Gasteiger partial charge in [0.25, 0.3) is 0 Å². The van der Waals surface area contributed by atoms with Crippen LogP contribution < -0.4 is 4.74 Å². The predicted molar refractivity (Wildman–Crippen MR) is 93.1 cm³/mol. The number of benzene rings is 1. The number of β-amino-alcohol motifs (C(OH)–C–C–N with tert-alkyl or cyclic N) is 1. The quantitative estimate of drug-likeness (QED) is 0.873. The first kappa shape index (κ1) is 16.9. The number of amides is 1. The van der Waals surface area contributed by atoms with Gasteiger partial charge in [0.2, 0.25) is 5.91 Å². The molecule has 0 bridgehead atoms. The molecule has 0 aliphatic carbocycles. The molecular formula is C18H22N2O3S. The topological polar surface area (TPSA) is 62.7 Å². The lowest BCUT2D eigenvalue weighted by atomic mass is 9.91. The van der Waals surface area contributed by atoms with Crippen molar-refractivity contribution in [2.45, 2.75) is 38.9 Å². The lowest BCUT2D eigenvalue weighted by Gasteiger charge is -2.46. The number of nitrogens with zero attached hydrogens (tertiary/aromatic N) is 2. The van der Waals surface area contributed by atoms with Crippen LogP contribution >= 0.6 is 11.3 Å². The van der Waals surface area contributed by atoms with Crippen LogP contribution in [0.15, 0.2) is 29.6 Å². The number of likely N-dealkylation sites (tertiary alicyclic amines) is 1. The standard InChI is InChI=1S/C18H22N2O3S/c1-3-18(22)11-20(12-18)17(21)8-14-10-24-16(19-14)9-23-15-6-4-13(2)5-7-15/h4-7,10,22H,3,8-9,11-12H2,1-2H3. The highest BCUT2D eigenvalue weighted by molar-refractivity contribution is 7.09. The number of aromatic nitrogens is 1. The predicted octanol–water partition coefficient (Wildman–Crippen LogP) is 2.56. The second kappa shape index (κ2) is 6.91. The van der Waals surface area contributed by atoms with E-state index < -0.39 is 5.60 Å². The van der Waals surface area contributed by atoms with E-state index in [-0.39, 0.29) is 12.3 Å². The molecule has 1 aliphatic heterocycles. The van der Waals surface area contributed by atoms with Gasteiger partial charge in [0.15, 0.2) is 0 Å². The number of carbonyl (C=O) groups is 1. The molecule has 1 saturated heterocycles. The Morgan fingerprint density at radius 2 is 2.08 bits per heavy atom. The molecule has 3 rings (SSSR count). The molecule has 1 aromatic heterocycles. The summed E-state index contributed by atoms with van der Waals surface area (Å²) in [6.45, 7) is 5.23. The Kier molecular flexibility index (Phi) is 4.87. The van der Waals surface area contributed by atoms with E-state index in [4.69, 9.17) is 4.74 Å². The van der Waals surface area contributed by atoms with Crippen LogP contribution in [0.3, 0.4) is 0 Å². The van der Waals surface area contributed by atoms with E-state index in [9.17, 15) is 9.90 Å². The molecule has 0 spiro atoms. The normalized spacial score (nSPS) is 15.9. The highest BCUT2D eigenvalue weighted by Gasteiger charge is 2.41. The van der Waals surface area contributed by atoms with Crippen LogP contribution in [0.2, 0.25) is 0 Å². The van der Waals surface area contributed by atoms with Crippen LogP contribution in [-0.4, -0.2) is 39.6 Å². The highest BCUT2D eigenvalue weighted by Crippen LogP contribution is 2.25. The Hall–Kier alpha value is -1.92. The van der Waals surface area contributed by atoms with Crippen molar-refractivity contribution in [3.8, 4) is 5.75 Å². The van der Waals surface area contributed by atoms with Gasteiger partial charge in [0, 0.05) is 5.38 Å². The zero-order chi connectivity index (χ0) is 17.2. The molecule has 0 saturated carbocycles. The highest BCUT2D eigenvalue weighted by atomic mass is 32.1. The number of hydrogen-bond acceptors (Lipinski definition) is 5. The lowest BCUT2D eigenvalue weighted by Crippen LogP contribution is -2.63. The molecule has 0 radical (unpaired) electrons. The van der Waals surface area contributed by atoms with E-state index >= 15 is 0 Å². The fraction of sp³-hybridized carbons (Fsp3) is 0.444. The van der Waals surface area contributed by atoms with Crippen LogP contribution in [0, 0.1) is 6.92 Å². The van der Waals surface area contributed by atoms with Crippen LogP contribution in [-0.2, 0) is 17.8 Å². The molecule has 1 aromatic carbocycles. The van der Waals surface area contributed by atoms with Crippen LogP contribution in [0.25, 0.3) is 0 Å². The zero-order valence-corrected chi connectivity index (χ0v) is 14.8. The van der Waals surface area contributed by atoms with Gasteiger partial charge in [-0.25, -0.2) is 4.98 Å². The van der Waals surface area contributed by atoms with Crippen molar-refractivity contribution in [3.63, 3.8) is 0 Å². The van der Waals surface area contributed by atoms with Gasteiger partial charge in [-0.05, 0) is 25.5 Å². The first-order valence-corrected chi connectivity index (χ1v) is 8.98. The van der Waals surface area contributed by atoms with Crippen molar-refractivity contribution in [1.82, 2.24) is 9.88 Å². The molecule has 5 nitrogen and oxygen atoms in total. The molecule has 6 heteroatoms. The Bertz CT molecular complexity index is 705. The van der Waals surface area contributed by atoms with Gasteiger partial charge < -0.3 is 14.7 Å². The summed E-state index contributed by atoms with van der Waals surface area (Å²) in [6.07, 6.45) is 0.953. The number of aliphatic hydroxyl groups is 1. The summed E-state index contributed by atoms with van der Waals surface area (Å²) in [7, 11) is 0. The maximum atomic E-state index is 12.2. The Labute approximate surface area is 145 Å². The maximum absolute atomic E-state index is 12.2. The fourth-order valence-corrected chi connectivity index (χ4v) is 3.31. The average Bonchev–Trinajstić information content (AvgIpc) is 2.98. The van der Waals surface area contributed by atoms with E-state index in [1.165, 1.54) is 16.9 Å². The molecule has 128 valence electrons. The minimum atomic E-state index is -0.690. The van der Waals surface area contributed by atoms with Gasteiger partial charge in [-0.3, -0.25) is 4.79 Å². The Balaban J connectivity index is 1.49.